The average molecular weight is 209 g/mol. The molecule has 4 nitrogen and oxygen atoms in total. The van der Waals surface area contributed by atoms with E-state index in [1.807, 2.05) is 6.92 Å². The molecule has 4 heteroatoms. The van der Waals surface area contributed by atoms with Crippen LogP contribution in [-0.4, -0.2) is 23.2 Å². The van der Waals surface area contributed by atoms with Gasteiger partial charge in [0.05, 0.1) is 0 Å². The van der Waals surface area contributed by atoms with Gasteiger partial charge in [0, 0.05) is 13.5 Å². The summed E-state index contributed by atoms with van der Waals surface area (Å²) in [7, 11) is 1.59. The van der Waals surface area contributed by atoms with Crippen LogP contribution in [0.2, 0.25) is 0 Å². The second kappa shape index (κ2) is 4.68. The number of nitrogens with one attached hydrogen (secondary N) is 1. The van der Waals surface area contributed by atoms with Crippen molar-refractivity contribution in [2.75, 3.05) is 7.05 Å². The van der Waals surface area contributed by atoms with Crippen molar-refractivity contribution in [1.82, 2.24) is 5.32 Å². The van der Waals surface area contributed by atoms with E-state index in [-0.39, 0.29) is 23.3 Å². The Hall–Kier alpha value is -1.71. The van der Waals surface area contributed by atoms with E-state index in [2.05, 4.69) is 5.32 Å². The van der Waals surface area contributed by atoms with Crippen LogP contribution in [0.25, 0.3) is 0 Å². The molecule has 0 aliphatic rings. The van der Waals surface area contributed by atoms with Gasteiger partial charge in [-0.05, 0) is 23.6 Å². The highest BCUT2D eigenvalue weighted by molar-refractivity contribution is 5.76. The molecule has 0 radical (unpaired) electrons. The molecule has 0 aliphatic heterocycles. The van der Waals surface area contributed by atoms with Gasteiger partial charge in [0.15, 0.2) is 11.5 Å². The topological polar surface area (TPSA) is 69.6 Å². The fourth-order valence-electron chi connectivity index (χ4n) is 1.34. The number of phenols is 2. The third-order valence-corrected chi connectivity index (χ3v) is 2.34. The number of rotatable bonds is 3. The zero-order valence-electron chi connectivity index (χ0n) is 8.82. The minimum absolute atomic E-state index is 0.0106. The van der Waals surface area contributed by atoms with Gasteiger partial charge < -0.3 is 15.5 Å². The fourth-order valence-corrected chi connectivity index (χ4v) is 1.34. The molecule has 0 spiro atoms. The van der Waals surface area contributed by atoms with Crippen LogP contribution >= 0.6 is 0 Å². The second-order valence-electron chi connectivity index (χ2n) is 3.53. The Morgan fingerprint density at radius 2 is 2.07 bits per heavy atom. The Morgan fingerprint density at radius 1 is 1.40 bits per heavy atom. The monoisotopic (exact) mass is 209 g/mol. The van der Waals surface area contributed by atoms with Gasteiger partial charge in [0.1, 0.15) is 0 Å². The highest BCUT2D eigenvalue weighted by Crippen LogP contribution is 2.29. The van der Waals surface area contributed by atoms with Crippen molar-refractivity contribution in [2.45, 2.75) is 19.3 Å². The van der Waals surface area contributed by atoms with Crippen LogP contribution in [0.1, 0.15) is 24.8 Å². The van der Waals surface area contributed by atoms with Gasteiger partial charge in [-0.3, -0.25) is 4.79 Å². The number of phenolic OH excluding ortho intramolecular Hbond substituents is 2. The van der Waals surface area contributed by atoms with Gasteiger partial charge in [0.2, 0.25) is 5.91 Å². The number of hydrogen-bond donors (Lipinski definition) is 3. The number of carbonyl (C=O) groups excluding carboxylic acids is 1. The Labute approximate surface area is 88.6 Å². The molecule has 1 aromatic rings. The number of benzene rings is 1. The molecule has 1 aromatic carbocycles. The molecule has 82 valence electrons. The molecule has 0 fully saturated rings. The average Bonchev–Trinajstić information content (AvgIpc) is 2.21. The highest BCUT2D eigenvalue weighted by Gasteiger charge is 2.11. The quantitative estimate of drug-likeness (QED) is 0.658. The summed E-state index contributed by atoms with van der Waals surface area (Å²) < 4.78 is 0. The van der Waals surface area contributed by atoms with Crippen molar-refractivity contribution in [2.24, 2.45) is 0 Å². The summed E-state index contributed by atoms with van der Waals surface area (Å²) in [5, 5.41) is 21.0. The smallest absolute Gasteiger partial charge is 0.220 e. The first-order valence-electron chi connectivity index (χ1n) is 4.77. The largest absolute Gasteiger partial charge is 0.504 e. The summed E-state index contributed by atoms with van der Waals surface area (Å²) in [5.74, 6) is -0.339. The summed E-state index contributed by atoms with van der Waals surface area (Å²) >= 11 is 0. The molecule has 1 rings (SSSR count). The van der Waals surface area contributed by atoms with Gasteiger partial charge in [-0.15, -0.1) is 0 Å². The van der Waals surface area contributed by atoms with Crippen molar-refractivity contribution < 1.29 is 15.0 Å². The number of carbonyl (C=O) groups is 1. The van der Waals surface area contributed by atoms with E-state index >= 15 is 0 Å². The Morgan fingerprint density at radius 3 is 2.60 bits per heavy atom. The van der Waals surface area contributed by atoms with E-state index in [4.69, 9.17) is 5.11 Å². The van der Waals surface area contributed by atoms with Crippen LogP contribution < -0.4 is 5.32 Å². The van der Waals surface area contributed by atoms with E-state index in [1.165, 1.54) is 12.1 Å². The van der Waals surface area contributed by atoms with Crippen LogP contribution in [0.5, 0.6) is 11.5 Å². The van der Waals surface area contributed by atoms with Crippen LogP contribution in [-0.2, 0) is 4.79 Å². The van der Waals surface area contributed by atoms with Gasteiger partial charge in [-0.2, -0.15) is 0 Å². The first-order valence-corrected chi connectivity index (χ1v) is 4.77. The number of aromatic hydroxyl groups is 2. The summed E-state index contributed by atoms with van der Waals surface area (Å²) in [6.07, 6.45) is 0.362. The van der Waals surface area contributed by atoms with Gasteiger partial charge >= 0.3 is 0 Å². The van der Waals surface area contributed by atoms with E-state index in [0.717, 1.165) is 5.56 Å². The Bertz CT molecular complexity index is 363. The molecule has 15 heavy (non-hydrogen) atoms. The van der Waals surface area contributed by atoms with Gasteiger partial charge in [-0.1, -0.05) is 13.0 Å². The van der Waals surface area contributed by atoms with Crippen molar-refractivity contribution in [3.8, 4) is 11.5 Å². The van der Waals surface area contributed by atoms with Crippen molar-refractivity contribution in [3.63, 3.8) is 0 Å². The minimum Gasteiger partial charge on any atom is -0.504 e. The molecule has 0 aliphatic carbocycles. The van der Waals surface area contributed by atoms with Gasteiger partial charge in [-0.25, -0.2) is 0 Å². The number of amides is 1. The van der Waals surface area contributed by atoms with Crippen molar-refractivity contribution in [3.05, 3.63) is 23.8 Å². The van der Waals surface area contributed by atoms with Crippen LogP contribution in [0, 0.1) is 0 Å². The molecule has 0 aromatic heterocycles. The lowest BCUT2D eigenvalue weighted by Crippen LogP contribution is -2.19. The second-order valence-corrected chi connectivity index (χ2v) is 3.53. The fraction of sp³-hybridized carbons (Fsp3) is 0.364. The first-order chi connectivity index (χ1) is 7.04. The number of hydrogen-bond acceptors (Lipinski definition) is 3. The van der Waals surface area contributed by atoms with Gasteiger partial charge in [0.25, 0.3) is 0 Å². The van der Waals surface area contributed by atoms with Crippen molar-refractivity contribution >= 4 is 5.91 Å². The maximum absolute atomic E-state index is 11.1. The first kappa shape index (κ1) is 11.4. The predicted octanol–water partition coefficient (Wildman–Crippen LogP) is 1.34. The maximum Gasteiger partial charge on any atom is 0.220 e. The lowest BCUT2D eigenvalue weighted by Gasteiger charge is -2.11. The lowest BCUT2D eigenvalue weighted by molar-refractivity contribution is -0.120. The molecule has 0 heterocycles. The minimum atomic E-state index is -0.156. The molecule has 0 unspecified atom stereocenters. The summed E-state index contributed by atoms with van der Waals surface area (Å²) in [6, 6.07) is 4.59. The molecule has 0 saturated heterocycles. The van der Waals surface area contributed by atoms with E-state index in [1.54, 1.807) is 13.1 Å². The lowest BCUT2D eigenvalue weighted by atomic mass is 9.97. The Balaban J connectivity index is 2.78. The standard InChI is InChI=1S/C11H15NO3/c1-7(5-11(15)12-2)8-3-4-9(13)10(14)6-8/h3-4,6-7,13-14H,5H2,1-2H3,(H,12,15)/t7-/m0/s1. The summed E-state index contributed by atoms with van der Waals surface area (Å²) in [4.78, 5) is 11.1. The normalized spacial score (nSPS) is 12.1. The zero-order valence-corrected chi connectivity index (χ0v) is 8.82. The molecule has 3 N–H and O–H groups in total. The molecule has 0 saturated carbocycles. The van der Waals surface area contributed by atoms with Crippen molar-refractivity contribution in [1.29, 1.82) is 0 Å². The highest BCUT2D eigenvalue weighted by atomic mass is 16.3. The molecule has 1 atom stereocenters. The zero-order chi connectivity index (χ0) is 11.4. The third-order valence-electron chi connectivity index (χ3n) is 2.34. The summed E-state index contributed by atoms with van der Waals surface area (Å²) in [5.41, 5.74) is 0.828. The third kappa shape index (κ3) is 2.87. The van der Waals surface area contributed by atoms with E-state index in [9.17, 15) is 9.90 Å². The Kier molecular flexibility index (Phi) is 3.55. The SMILES string of the molecule is CNC(=O)C[C@H](C)c1ccc(O)c(O)c1. The molecule has 0 bridgehead atoms. The maximum atomic E-state index is 11.1. The molecular weight excluding hydrogens is 194 g/mol. The summed E-state index contributed by atoms with van der Waals surface area (Å²) in [6.45, 7) is 1.89. The van der Waals surface area contributed by atoms with Crippen LogP contribution in [0.4, 0.5) is 0 Å². The predicted molar refractivity (Wildman–Crippen MR) is 56.9 cm³/mol. The van der Waals surface area contributed by atoms with E-state index < -0.39 is 0 Å². The van der Waals surface area contributed by atoms with Crippen LogP contribution in [0.3, 0.4) is 0 Å². The van der Waals surface area contributed by atoms with Crippen LogP contribution in [0.15, 0.2) is 18.2 Å². The molecule has 1 amide bonds. The van der Waals surface area contributed by atoms with E-state index in [0.29, 0.717) is 6.42 Å². The molecular formula is C11H15NO3.